The van der Waals surface area contributed by atoms with E-state index in [-0.39, 0.29) is 6.10 Å². The molecule has 1 N–H and O–H groups in total. The molecular weight excluding hydrogens is 233 g/mol. The van der Waals surface area contributed by atoms with Crippen LogP contribution in [0.25, 0.3) is 0 Å². The Labute approximate surface area is 99.4 Å². The zero-order valence-electron chi connectivity index (χ0n) is 8.29. The van der Waals surface area contributed by atoms with Gasteiger partial charge in [-0.1, -0.05) is 23.2 Å². The van der Waals surface area contributed by atoms with E-state index in [1.807, 2.05) is 12.1 Å². The van der Waals surface area contributed by atoms with Crippen LogP contribution in [0.4, 0.5) is 5.69 Å². The number of hydrogen-bond acceptors (Lipinski definition) is 2. The highest BCUT2D eigenvalue weighted by Gasteiger charge is 2.18. The fourth-order valence-corrected chi connectivity index (χ4v) is 2.24. The van der Waals surface area contributed by atoms with Crippen LogP contribution in [0.3, 0.4) is 0 Å². The molecule has 82 valence electrons. The van der Waals surface area contributed by atoms with Crippen molar-refractivity contribution in [1.82, 2.24) is 0 Å². The molecule has 0 unspecified atom stereocenters. The maximum atomic E-state index is 9.41. The molecule has 1 heterocycles. The first-order chi connectivity index (χ1) is 7.16. The van der Waals surface area contributed by atoms with Crippen molar-refractivity contribution in [2.24, 2.45) is 0 Å². The molecule has 0 atom stereocenters. The quantitative estimate of drug-likeness (QED) is 0.823. The second-order valence-electron chi connectivity index (χ2n) is 3.81. The first-order valence-electron chi connectivity index (χ1n) is 5.05. The Hall–Kier alpha value is -0.440. The summed E-state index contributed by atoms with van der Waals surface area (Å²) in [6.45, 7) is 1.67. The molecule has 1 aliphatic heterocycles. The van der Waals surface area contributed by atoms with Gasteiger partial charge in [0, 0.05) is 18.1 Å². The molecule has 4 heteroatoms. The van der Waals surface area contributed by atoms with E-state index in [0.717, 1.165) is 36.6 Å². The predicted octanol–water partition coefficient (Wildman–Crippen LogP) is 2.95. The largest absolute Gasteiger partial charge is 0.393 e. The number of halogens is 2. The van der Waals surface area contributed by atoms with Crippen LogP contribution < -0.4 is 4.90 Å². The SMILES string of the molecule is OC1CCN(c2cc(Cl)ccc2Cl)CC1. The average Bonchev–Trinajstić information content (AvgIpc) is 2.23. The lowest BCUT2D eigenvalue weighted by molar-refractivity contribution is 0.145. The Morgan fingerprint density at radius 3 is 2.53 bits per heavy atom. The number of benzene rings is 1. The minimum absolute atomic E-state index is 0.167. The second-order valence-corrected chi connectivity index (χ2v) is 4.66. The third kappa shape index (κ3) is 2.57. The highest BCUT2D eigenvalue weighted by Crippen LogP contribution is 2.30. The molecule has 15 heavy (non-hydrogen) atoms. The summed E-state index contributed by atoms with van der Waals surface area (Å²) < 4.78 is 0. The fourth-order valence-electron chi connectivity index (χ4n) is 1.83. The van der Waals surface area contributed by atoms with Gasteiger partial charge in [-0.05, 0) is 31.0 Å². The molecule has 0 aliphatic carbocycles. The number of anilines is 1. The second kappa shape index (κ2) is 4.60. The molecule has 0 aromatic heterocycles. The Morgan fingerprint density at radius 2 is 1.87 bits per heavy atom. The van der Waals surface area contributed by atoms with Crippen LogP contribution in [0.2, 0.25) is 10.0 Å². The van der Waals surface area contributed by atoms with E-state index in [1.54, 1.807) is 6.07 Å². The van der Waals surface area contributed by atoms with Crippen molar-refractivity contribution in [3.05, 3.63) is 28.2 Å². The molecule has 0 amide bonds. The number of nitrogens with zero attached hydrogens (tertiary/aromatic N) is 1. The zero-order chi connectivity index (χ0) is 10.8. The van der Waals surface area contributed by atoms with Crippen molar-refractivity contribution >= 4 is 28.9 Å². The fraction of sp³-hybridized carbons (Fsp3) is 0.455. The summed E-state index contributed by atoms with van der Waals surface area (Å²) in [5.41, 5.74) is 0.969. The van der Waals surface area contributed by atoms with Crippen LogP contribution in [-0.4, -0.2) is 24.3 Å². The summed E-state index contributed by atoms with van der Waals surface area (Å²) >= 11 is 12.0. The Kier molecular flexibility index (Phi) is 3.39. The highest BCUT2D eigenvalue weighted by atomic mass is 35.5. The normalized spacial score (nSPS) is 18.2. The van der Waals surface area contributed by atoms with Crippen molar-refractivity contribution in [3.8, 4) is 0 Å². The van der Waals surface area contributed by atoms with Crippen molar-refractivity contribution in [3.63, 3.8) is 0 Å². The van der Waals surface area contributed by atoms with Crippen molar-refractivity contribution in [1.29, 1.82) is 0 Å². The molecule has 1 aromatic rings. The predicted molar refractivity (Wildman–Crippen MR) is 63.9 cm³/mol. The summed E-state index contributed by atoms with van der Waals surface area (Å²) in [4.78, 5) is 2.17. The summed E-state index contributed by atoms with van der Waals surface area (Å²) in [5.74, 6) is 0. The van der Waals surface area contributed by atoms with Crippen molar-refractivity contribution in [2.45, 2.75) is 18.9 Å². The van der Waals surface area contributed by atoms with E-state index in [1.165, 1.54) is 0 Å². The van der Waals surface area contributed by atoms with Gasteiger partial charge >= 0.3 is 0 Å². The van der Waals surface area contributed by atoms with E-state index in [2.05, 4.69) is 4.90 Å². The molecule has 0 saturated carbocycles. The van der Waals surface area contributed by atoms with Crippen molar-refractivity contribution < 1.29 is 5.11 Å². The van der Waals surface area contributed by atoms with Crippen LogP contribution in [0.1, 0.15) is 12.8 Å². The Morgan fingerprint density at radius 1 is 1.20 bits per heavy atom. The molecule has 2 rings (SSSR count). The van der Waals surface area contributed by atoms with E-state index in [4.69, 9.17) is 23.2 Å². The minimum atomic E-state index is -0.167. The zero-order valence-corrected chi connectivity index (χ0v) is 9.80. The maximum absolute atomic E-state index is 9.41. The van der Waals surface area contributed by atoms with E-state index in [9.17, 15) is 5.11 Å². The minimum Gasteiger partial charge on any atom is -0.393 e. The van der Waals surface area contributed by atoms with Crippen molar-refractivity contribution in [2.75, 3.05) is 18.0 Å². The lowest BCUT2D eigenvalue weighted by atomic mass is 10.1. The van der Waals surface area contributed by atoms with Gasteiger partial charge in [0.05, 0.1) is 16.8 Å². The first-order valence-corrected chi connectivity index (χ1v) is 5.80. The third-order valence-electron chi connectivity index (χ3n) is 2.71. The van der Waals surface area contributed by atoms with E-state index >= 15 is 0 Å². The van der Waals surface area contributed by atoms with Gasteiger partial charge in [0.1, 0.15) is 0 Å². The van der Waals surface area contributed by atoms with E-state index in [0.29, 0.717) is 5.02 Å². The van der Waals surface area contributed by atoms with E-state index < -0.39 is 0 Å². The van der Waals surface area contributed by atoms with Gasteiger partial charge in [0.25, 0.3) is 0 Å². The lowest BCUT2D eigenvalue weighted by Crippen LogP contribution is -2.35. The molecule has 0 bridgehead atoms. The van der Waals surface area contributed by atoms with Crippen LogP contribution in [0.15, 0.2) is 18.2 Å². The standard InChI is InChI=1S/C11H13Cl2NO/c12-8-1-2-10(13)11(7-8)14-5-3-9(15)4-6-14/h1-2,7,9,15H,3-6H2. The van der Waals surface area contributed by atoms with Gasteiger partial charge in [0.2, 0.25) is 0 Å². The Bertz CT molecular complexity index is 348. The van der Waals surface area contributed by atoms with Crippen LogP contribution in [-0.2, 0) is 0 Å². The average molecular weight is 246 g/mol. The molecule has 0 radical (unpaired) electrons. The van der Waals surface area contributed by atoms with Gasteiger partial charge in [0.15, 0.2) is 0 Å². The summed E-state index contributed by atoms with van der Waals surface area (Å²) in [6, 6.07) is 5.47. The number of aliphatic hydroxyl groups excluding tert-OH is 1. The monoisotopic (exact) mass is 245 g/mol. The third-order valence-corrected chi connectivity index (χ3v) is 3.27. The molecule has 1 aliphatic rings. The molecule has 1 aromatic carbocycles. The van der Waals surface area contributed by atoms with Gasteiger partial charge < -0.3 is 10.0 Å². The Balaban J connectivity index is 2.18. The van der Waals surface area contributed by atoms with Gasteiger partial charge in [-0.25, -0.2) is 0 Å². The van der Waals surface area contributed by atoms with Crippen LogP contribution in [0.5, 0.6) is 0 Å². The smallest absolute Gasteiger partial charge is 0.0640 e. The summed E-state index contributed by atoms with van der Waals surface area (Å²) in [7, 11) is 0. The number of aliphatic hydroxyl groups is 1. The summed E-state index contributed by atoms with van der Waals surface area (Å²) in [5, 5.41) is 10.8. The molecule has 0 spiro atoms. The summed E-state index contributed by atoms with van der Waals surface area (Å²) in [6.07, 6.45) is 1.42. The van der Waals surface area contributed by atoms with Gasteiger partial charge in [-0.15, -0.1) is 0 Å². The lowest BCUT2D eigenvalue weighted by Gasteiger charge is -2.32. The molecule has 2 nitrogen and oxygen atoms in total. The highest BCUT2D eigenvalue weighted by molar-refractivity contribution is 6.35. The molecule has 1 saturated heterocycles. The van der Waals surface area contributed by atoms with Crippen LogP contribution >= 0.6 is 23.2 Å². The van der Waals surface area contributed by atoms with Gasteiger partial charge in [-0.3, -0.25) is 0 Å². The first kappa shape index (κ1) is 11.1. The number of piperidine rings is 1. The topological polar surface area (TPSA) is 23.5 Å². The number of hydrogen-bond donors (Lipinski definition) is 1. The maximum Gasteiger partial charge on any atom is 0.0640 e. The van der Waals surface area contributed by atoms with Gasteiger partial charge in [-0.2, -0.15) is 0 Å². The number of rotatable bonds is 1. The molecule has 1 fully saturated rings. The molecular formula is C11H13Cl2NO. The van der Waals surface area contributed by atoms with Crippen LogP contribution in [0, 0.1) is 0 Å².